The second-order valence-electron chi connectivity index (χ2n) is 3.62. The number of carbonyl (C=O) groups excluding carboxylic acids is 1. The van der Waals surface area contributed by atoms with E-state index in [4.69, 9.17) is 0 Å². The van der Waals surface area contributed by atoms with E-state index in [1.54, 1.807) is 0 Å². The van der Waals surface area contributed by atoms with Gasteiger partial charge in [0.1, 0.15) is 0 Å². The van der Waals surface area contributed by atoms with Gasteiger partial charge in [0.15, 0.2) is 6.29 Å². The van der Waals surface area contributed by atoms with Gasteiger partial charge < -0.3 is 9.88 Å². The fourth-order valence-electron chi connectivity index (χ4n) is 1.49. The summed E-state index contributed by atoms with van der Waals surface area (Å²) in [7, 11) is 4.04. The Kier molecular flexibility index (Phi) is 2.88. The van der Waals surface area contributed by atoms with Crippen LogP contribution in [0.5, 0.6) is 0 Å². The van der Waals surface area contributed by atoms with Crippen molar-refractivity contribution in [1.82, 2.24) is 9.88 Å². The molecular formula is C10H16N2O. The summed E-state index contributed by atoms with van der Waals surface area (Å²) in [5.41, 5.74) is 4.09. The summed E-state index contributed by atoms with van der Waals surface area (Å²) in [6.45, 7) is 4.85. The van der Waals surface area contributed by atoms with Crippen LogP contribution >= 0.6 is 0 Å². The highest BCUT2D eigenvalue weighted by molar-refractivity contribution is 5.75. The normalized spacial score (nSPS) is 10.8. The molecule has 0 aliphatic carbocycles. The molecule has 0 saturated carbocycles. The molecule has 1 aromatic heterocycles. The standard InChI is InChI=1S/C10H16N2O/c1-7-9(5-12(3)4)8(2)11-10(7)6-13/h6,11H,5H2,1-4H3. The Balaban J connectivity index is 3.05. The second-order valence-corrected chi connectivity index (χ2v) is 3.62. The zero-order valence-electron chi connectivity index (χ0n) is 8.64. The number of rotatable bonds is 3. The summed E-state index contributed by atoms with van der Waals surface area (Å²) in [5.74, 6) is 0. The SMILES string of the molecule is Cc1[nH]c(C=O)c(C)c1CN(C)C. The molecule has 1 rings (SSSR count). The maximum absolute atomic E-state index is 10.6. The molecule has 3 heteroatoms. The Labute approximate surface area is 78.8 Å². The van der Waals surface area contributed by atoms with Gasteiger partial charge >= 0.3 is 0 Å². The Morgan fingerprint density at radius 2 is 2.00 bits per heavy atom. The minimum atomic E-state index is 0.703. The van der Waals surface area contributed by atoms with Crippen LogP contribution in [0.1, 0.15) is 27.3 Å². The minimum absolute atomic E-state index is 0.703. The molecule has 0 saturated heterocycles. The molecule has 13 heavy (non-hydrogen) atoms. The third-order valence-corrected chi connectivity index (χ3v) is 2.22. The van der Waals surface area contributed by atoms with Gasteiger partial charge in [-0.25, -0.2) is 0 Å². The number of H-pyrrole nitrogens is 1. The zero-order valence-corrected chi connectivity index (χ0v) is 8.64. The Morgan fingerprint density at radius 1 is 1.38 bits per heavy atom. The van der Waals surface area contributed by atoms with Crippen molar-refractivity contribution >= 4 is 6.29 Å². The van der Waals surface area contributed by atoms with E-state index in [0.29, 0.717) is 5.69 Å². The van der Waals surface area contributed by atoms with E-state index in [1.165, 1.54) is 5.56 Å². The number of carbonyl (C=O) groups is 1. The molecule has 0 bridgehead atoms. The van der Waals surface area contributed by atoms with E-state index in [-0.39, 0.29) is 0 Å². The summed E-state index contributed by atoms with van der Waals surface area (Å²) in [4.78, 5) is 15.8. The van der Waals surface area contributed by atoms with Gasteiger partial charge in [-0.15, -0.1) is 0 Å². The summed E-state index contributed by atoms with van der Waals surface area (Å²) in [5, 5.41) is 0. The Bertz CT molecular complexity index is 313. The number of hydrogen-bond donors (Lipinski definition) is 1. The third-order valence-electron chi connectivity index (χ3n) is 2.22. The maximum atomic E-state index is 10.6. The summed E-state index contributed by atoms with van der Waals surface area (Å²) >= 11 is 0. The molecule has 1 aromatic rings. The zero-order chi connectivity index (χ0) is 10.0. The first-order chi connectivity index (χ1) is 6.06. The van der Waals surface area contributed by atoms with Crippen LogP contribution in [0.4, 0.5) is 0 Å². The fraction of sp³-hybridized carbons (Fsp3) is 0.500. The van der Waals surface area contributed by atoms with Gasteiger partial charge in [-0.05, 0) is 39.1 Å². The van der Waals surface area contributed by atoms with Crippen LogP contribution in [-0.2, 0) is 6.54 Å². The minimum Gasteiger partial charge on any atom is -0.356 e. The number of aldehydes is 1. The van der Waals surface area contributed by atoms with Crippen molar-refractivity contribution in [2.75, 3.05) is 14.1 Å². The highest BCUT2D eigenvalue weighted by atomic mass is 16.1. The van der Waals surface area contributed by atoms with Gasteiger partial charge in [0.2, 0.25) is 0 Å². The number of nitrogens with zero attached hydrogens (tertiary/aromatic N) is 1. The third kappa shape index (κ3) is 1.98. The van der Waals surface area contributed by atoms with E-state index in [0.717, 1.165) is 24.1 Å². The lowest BCUT2D eigenvalue weighted by Gasteiger charge is -2.09. The van der Waals surface area contributed by atoms with Crippen LogP contribution in [0.2, 0.25) is 0 Å². The van der Waals surface area contributed by atoms with E-state index < -0.39 is 0 Å². The first-order valence-electron chi connectivity index (χ1n) is 4.34. The molecular weight excluding hydrogens is 164 g/mol. The molecule has 0 amide bonds. The quantitative estimate of drug-likeness (QED) is 0.716. The molecule has 1 heterocycles. The van der Waals surface area contributed by atoms with Crippen molar-refractivity contribution < 1.29 is 4.79 Å². The molecule has 72 valence electrons. The number of nitrogens with one attached hydrogen (secondary N) is 1. The van der Waals surface area contributed by atoms with Crippen LogP contribution in [0.15, 0.2) is 0 Å². The number of aromatic nitrogens is 1. The topological polar surface area (TPSA) is 36.1 Å². The highest BCUT2D eigenvalue weighted by Gasteiger charge is 2.10. The monoisotopic (exact) mass is 180 g/mol. The number of aryl methyl sites for hydroxylation is 1. The van der Waals surface area contributed by atoms with Crippen LogP contribution in [0, 0.1) is 13.8 Å². The van der Waals surface area contributed by atoms with Gasteiger partial charge in [0.25, 0.3) is 0 Å². The second kappa shape index (κ2) is 3.75. The number of hydrogen-bond acceptors (Lipinski definition) is 2. The van der Waals surface area contributed by atoms with Gasteiger partial charge in [0.05, 0.1) is 5.69 Å². The van der Waals surface area contributed by atoms with Crippen molar-refractivity contribution in [3.05, 3.63) is 22.5 Å². The molecule has 0 aliphatic rings. The predicted molar refractivity (Wildman–Crippen MR) is 53.0 cm³/mol. The molecule has 0 atom stereocenters. The van der Waals surface area contributed by atoms with Gasteiger partial charge in [-0.2, -0.15) is 0 Å². The Hall–Kier alpha value is -1.09. The fourth-order valence-corrected chi connectivity index (χ4v) is 1.49. The summed E-state index contributed by atoms with van der Waals surface area (Å²) in [6, 6.07) is 0. The van der Waals surface area contributed by atoms with Gasteiger partial charge in [-0.3, -0.25) is 4.79 Å². The van der Waals surface area contributed by atoms with Gasteiger partial charge in [-0.1, -0.05) is 0 Å². The van der Waals surface area contributed by atoms with Gasteiger partial charge in [0, 0.05) is 12.2 Å². The lowest BCUT2D eigenvalue weighted by atomic mass is 10.1. The van der Waals surface area contributed by atoms with Crippen molar-refractivity contribution in [3.63, 3.8) is 0 Å². The average molecular weight is 180 g/mol. The molecule has 0 aromatic carbocycles. The van der Waals surface area contributed by atoms with E-state index in [2.05, 4.69) is 9.88 Å². The first kappa shape index (κ1) is 9.99. The molecule has 0 spiro atoms. The van der Waals surface area contributed by atoms with Crippen LogP contribution in [0.25, 0.3) is 0 Å². The molecule has 0 aliphatic heterocycles. The van der Waals surface area contributed by atoms with Crippen LogP contribution in [-0.4, -0.2) is 30.3 Å². The maximum Gasteiger partial charge on any atom is 0.166 e. The van der Waals surface area contributed by atoms with Crippen LogP contribution in [0.3, 0.4) is 0 Å². The van der Waals surface area contributed by atoms with E-state index >= 15 is 0 Å². The average Bonchev–Trinajstić information content (AvgIpc) is 2.31. The predicted octanol–water partition coefficient (Wildman–Crippen LogP) is 1.51. The summed E-state index contributed by atoms with van der Waals surface area (Å²) < 4.78 is 0. The van der Waals surface area contributed by atoms with Crippen molar-refractivity contribution in [2.24, 2.45) is 0 Å². The van der Waals surface area contributed by atoms with Crippen molar-refractivity contribution in [2.45, 2.75) is 20.4 Å². The van der Waals surface area contributed by atoms with E-state index in [1.807, 2.05) is 27.9 Å². The highest BCUT2D eigenvalue weighted by Crippen LogP contribution is 2.17. The number of aromatic amines is 1. The summed E-state index contributed by atoms with van der Waals surface area (Å²) in [6.07, 6.45) is 0.876. The lowest BCUT2D eigenvalue weighted by molar-refractivity contribution is 0.111. The largest absolute Gasteiger partial charge is 0.356 e. The molecule has 0 radical (unpaired) electrons. The molecule has 0 unspecified atom stereocenters. The molecule has 0 fully saturated rings. The molecule has 1 N–H and O–H groups in total. The van der Waals surface area contributed by atoms with Crippen molar-refractivity contribution in [3.8, 4) is 0 Å². The molecule has 3 nitrogen and oxygen atoms in total. The van der Waals surface area contributed by atoms with Crippen molar-refractivity contribution in [1.29, 1.82) is 0 Å². The smallest absolute Gasteiger partial charge is 0.166 e. The lowest BCUT2D eigenvalue weighted by Crippen LogP contribution is -2.11. The first-order valence-corrected chi connectivity index (χ1v) is 4.34. The van der Waals surface area contributed by atoms with E-state index in [9.17, 15) is 4.79 Å². The Morgan fingerprint density at radius 3 is 2.38 bits per heavy atom. The van der Waals surface area contributed by atoms with Crippen LogP contribution < -0.4 is 0 Å².